The van der Waals surface area contributed by atoms with Gasteiger partial charge in [-0.25, -0.2) is 0 Å². The highest BCUT2D eigenvalue weighted by atomic mass is 79.9. The molecule has 2 saturated carbocycles. The van der Waals surface area contributed by atoms with Crippen LogP contribution in [-0.4, -0.2) is 28.0 Å². The molecule has 2 bridgehead atoms. The second-order valence-corrected chi connectivity index (χ2v) is 8.20. The summed E-state index contributed by atoms with van der Waals surface area (Å²) in [6.45, 7) is 0. The van der Waals surface area contributed by atoms with Crippen LogP contribution in [0, 0.1) is 45.6 Å². The first kappa shape index (κ1) is 15.9. The molecule has 2 amide bonds. The van der Waals surface area contributed by atoms with Gasteiger partial charge in [0.2, 0.25) is 0 Å². The van der Waals surface area contributed by atoms with E-state index in [2.05, 4.69) is 33.2 Å². The number of carbonyl (C=O) groups excluding carboxylic acids is 2. The van der Waals surface area contributed by atoms with Crippen LogP contribution in [0.4, 0.5) is 5.69 Å². The van der Waals surface area contributed by atoms with E-state index in [9.17, 15) is 19.7 Å². The maximum atomic E-state index is 12.8. The number of amides is 2. The minimum atomic E-state index is -0.488. The Kier molecular flexibility index (Phi) is 3.25. The Hall–Kier alpha value is -2.35. The monoisotopic (exact) mass is 415 g/mol. The fraction of sp³-hybridized carbons (Fsp3) is 0.389. The molecule has 3 fully saturated rings. The van der Waals surface area contributed by atoms with Crippen LogP contribution in [0.25, 0.3) is 0 Å². The van der Waals surface area contributed by atoms with Gasteiger partial charge in [-0.2, -0.15) is 10.1 Å². The molecule has 6 atom stereocenters. The van der Waals surface area contributed by atoms with Gasteiger partial charge in [-0.15, -0.1) is 0 Å². The third-order valence-corrected chi connectivity index (χ3v) is 6.83. The summed E-state index contributed by atoms with van der Waals surface area (Å²) in [5.74, 6) is 0.428. The molecule has 0 aromatic heterocycles. The Balaban J connectivity index is 1.42. The van der Waals surface area contributed by atoms with Crippen LogP contribution in [0.1, 0.15) is 12.0 Å². The lowest BCUT2D eigenvalue weighted by Gasteiger charge is -2.37. The number of hydrogen-bond donors (Lipinski definition) is 0. The number of nitro benzene ring substituents is 1. The highest BCUT2D eigenvalue weighted by Gasteiger charge is 2.67. The topological polar surface area (TPSA) is 92.9 Å². The molecule has 132 valence electrons. The van der Waals surface area contributed by atoms with Crippen LogP contribution >= 0.6 is 15.9 Å². The molecule has 1 aromatic carbocycles. The Bertz CT molecular complexity index is 891. The van der Waals surface area contributed by atoms with Gasteiger partial charge in [0.05, 0.1) is 23.0 Å². The van der Waals surface area contributed by atoms with E-state index in [1.54, 1.807) is 0 Å². The molecule has 1 saturated heterocycles. The molecule has 1 aromatic rings. The van der Waals surface area contributed by atoms with Gasteiger partial charge in [0.25, 0.3) is 17.5 Å². The van der Waals surface area contributed by atoms with E-state index < -0.39 is 4.92 Å². The first-order valence-electron chi connectivity index (χ1n) is 8.51. The number of nitro groups is 1. The number of imide groups is 1. The minimum Gasteiger partial charge on any atom is -0.272 e. The van der Waals surface area contributed by atoms with Gasteiger partial charge in [-0.1, -0.05) is 12.2 Å². The van der Waals surface area contributed by atoms with Crippen LogP contribution in [0.15, 0.2) is 39.9 Å². The number of hydrogen-bond acceptors (Lipinski definition) is 5. The van der Waals surface area contributed by atoms with E-state index in [0.717, 1.165) is 11.4 Å². The van der Waals surface area contributed by atoms with Crippen molar-refractivity contribution in [2.75, 3.05) is 0 Å². The van der Waals surface area contributed by atoms with Crippen LogP contribution < -0.4 is 0 Å². The fourth-order valence-corrected chi connectivity index (χ4v) is 5.38. The van der Waals surface area contributed by atoms with Gasteiger partial charge in [0.15, 0.2) is 0 Å². The van der Waals surface area contributed by atoms with Crippen LogP contribution in [0.2, 0.25) is 0 Å². The van der Waals surface area contributed by atoms with Crippen molar-refractivity contribution in [2.45, 2.75) is 6.42 Å². The molecule has 4 aliphatic carbocycles. The molecule has 8 heteroatoms. The summed E-state index contributed by atoms with van der Waals surface area (Å²) >= 11 is 3.27. The van der Waals surface area contributed by atoms with Crippen molar-refractivity contribution in [3.05, 3.63) is 50.5 Å². The molecular weight excluding hydrogens is 402 g/mol. The number of allylic oxidation sites excluding steroid dienone is 2. The SMILES string of the molecule is O=C1[C@@H]2[C@H]3C=C[C@@H]([C@@H]4C[C@H]34)[C@H]2C(=O)N1/N=C\c1ccc([N+](=O)[O-])cc1Br. The van der Waals surface area contributed by atoms with Gasteiger partial charge in [0.1, 0.15) is 0 Å². The Labute approximate surface area is 157 Å². The first-order valence-corrected chi connectivity index (χ1v) is 9.30. The summed E-state index contributed by atoms with van der Waals surface area (Å²) in [5, 5.41) is 15.9. The lowest BCUT2D eigenvalue weighted by atomic mass is 9.63. The summed E-state index contributed by atoms with van der Waals surface area (Å²) in [4.78, 5) is 35.9. The predicted octanol–water partition coefficient (Wildman–Crippen LogP) is 2.74. The highest BCUT2D eigenvalue weighted by Crippen LogP contribution is 2.65. The smallest absolute Gasteiger partial charge is 0.270 e. The average molecular weight is 416 g/mol. The molecule has 7 nitrogen and oxygen atoms in total. The average Bonchev–Trinajstić information content (AvgIpc) is 3.40. The van der Waals surface area contributed by atoms with E-state index in [-0.39, 0.29) is 41.2 Å². The van der Waals surface area contributed by atoms with Gasteiger partial charge in [-0.3, -0.25) is 19.7 Å². The number of halogens is 1. The summed E-state index contributed by atoms with van der Waals surface area (Å²) in [6, 6.07) is 4.26. The first-order chi connectivity index (χ1) is 12.5. The standard InChI is InChI=1S/C18H14BrN3O4/c19-14-5-9(22(25)26)2-1-8(14)7-20-21-17(23)15-10-3-4-11(13-6-12(10)13)16(15)18(21)24/h1-5,7,10-13,15-16H,6H2/b20-7-/t10-,11-,12-,13+,15+,16+/m0/s1. The molecule has 0 N–H and O–H groups in total. The molecule has 6 rings (SSSR count). The summed E-state index contributed by atoms with van der Waals surface area (Å²) in [5.41, 5.74) is 0.519. The number of rotatable bonds is 3. The van der Waals surface area contributed by atoms with Gasteiger partial charge < -0.3 is 0 Å². The van der Waals surface area contributed by atoms with Crippen LogP contribution in [-0.2, 0) is 9.59 Å². The molecule has 0 radical (unpaired) electrons. The van der Waals surface area contributed by atoms with Crippen LogP contribution in [0.5, 0.6) is 0 Å². The number of carbonyl (C=O) groups is 2. The third-order valence-electron chi connectivity index (χ3n) is 6.15. The zero-order chi connectivity index (χ0) is 18.2. The maximum absolute atomic E-state index is 12.8. The lowest BCUT2D eigenvalue weighted by Crippen LogP contribution is -2.40. The van der Waals surface area contributed by atoms with Gasteiger partial charge in [0, 0.05) is 22.2 Å². The summed E-state index contributed by atoms with van der Waals surface area (Å²) < 4.78 is 0.481. The number of nitrogens with zero attached hydrogens (tertiary/aromatic N) is 3. The van der Waals surface area contributed by atoms with Crippen molar-refractivity contribution in [3.63, 3.8) is 0 Å². The van der Waals surface area contributed by atoms with Crippen molar-refractivity contribution in [3.8, 4) is 0 Å². The Morgan fingerprint density at radius 3 is 2.31 bits per heavy atom. The number of hydrazone groups is 1. The van der Waals surface area contributed by atoms with E-state index in [1.807, 2.05) is 0 Å². The molecule has 0 spiro atoms. The zero-order valence-electron chi connectivity index (χ0n) is 13.5. The fourth-order valence-electron chi connectivity index (χ4n) is 4.91. The van der Waals surface area contributed by atoms with Gasteiger partial charge >= 0.3 is 0 Å². The molecular formula is C18H14BrN3O4. The molecule has 26 heavy (non-hydrogen) atoms. The minimum absolute atomic E-state index is 0.0461. The van der Waals surface area contributed by atoms with E-state index in [0.29, 0.717) is 21.9 Å². The summed E-state index contributed by atoms with van der Waals surface area (Å²) in [7, 11) is 0. The normalized spacial score (nSPS) is 36.6. The number of benzene rings is 1. The number of non-ortho nitro benzene ring substituents is 1. The van der Waals surface area contributed by atoms with Crippen molar-refractivity contribution in [1.29, 1.82) is 0 Å². The third kappa shape index (κ3) is 2.08. The Morgan fingerprint density at radius 2 is 1.77 bits per heavy atom. The second-order valence-electron chi connectivity index (χ2n) is 7.35. The van der Waals surface area contributed by atoms with E-state index in [4.69, 9.17) is 0 Å². The second kappa shape index (κ2) is 5.33. The Morgan fingerprint density at radius 1 is 1.15 bits per heavy atom. The van der Waals surface area contributed by atoms with Crippen molar-refractivity contribution < 1.29 is 14.5 Å². The van der Waals surface area contributed by atoms with E-state index in [1.165, 1.54) is 24.4 Å². The molecule has 0 unspecified atom stereocenters. The van der Waals surface area contributed by atoms with Crippen molar-refractivity contribution in [2.24, 2.45) is 40.6 Å². The van der Waals surface area contributed by atoms with Crippen molar-refractivity contribution in [1.82, 2.24) is 5.01 Å². The molecule has 5 aliphatic rings. The van der Waals surface area contributed by atoms with Crippen LogP contribution in [0.3, 0.4) is 0 Å². The van der Waals surface area contributed by atoms with Crippen molar-refractivity contribution >= 4 is 39.6 Å². The quantitative estimate of drug-likeness (QED) is 0.249. The zero-order valence-corrected chi connectivity index (χ0v) is 15.1. The maximum Gasteiger partial charge on any atom is 0.270 e. The predicted molar refractivity (Wildman–Crippen MR) is 94.9 cm³/mol. The molecule has 1 aliphatic heterocycles. The highest BCUT2D eigenvalue weighted by molar-refractivity contribution is 9.10. The largest absolute Gasteiger partial charge is 0.272 e. The van der Waals surface area contributed by atoms with E-state index >= 15 is 0 Å². The van der Waals surface area contributed by atoms with Gasteiger partial charge in [-0.05, 0) is 52.1 Å². The summed E-state index contributed by atoms with van der Waals surface area (Å²) in [6.07, 6.45) is 6.75. The lowest BCUT2D eigenvalue weighted by molar-refractivity contribution is -0.384. The molecule has 1 heterocycles.